The number of carbonyl (C=O) groups is 1. The van der Waals surface area contributed by atoms with Gasteiger partial charge >= 0.3 is 5.97 Å². The number of hydrogen-bond donors (Lipinski definition) is 1. The van der Waals surface area contributed by atoms with Crippen LogP contribution < -0.4 is 4.90 Å². The van der Waals surface area contributed by atoms with Crippen molar-refractivity contribution in [2.24, 2.45) is 0 Å². The molecule has 2 heterocycles. The number of fused-ring (bicyclic) bond motifs is 2. The standard InChI is InChI=1S/C33H40N2O5S/c1-6-34-27-16-12-11-15-25(27)32(3,4)29(34)17-9-8-10-18-30-33(5,22-14-13-19-31(36)37)26-21-20-24(41(38,39)40)23-28(26)35(30)7-2/h8-12,15-18,20-21,23H,6-7,13-14,19,22H2,1-5H3,(H-,36,37,38,39,40). The van der Waals surface area contributed by atoms with E-state index >= 15 is 0 Å². The van der Waals surface area contributed by atoms with Gasteiger partial charge in [0.25, 0.3) is 0 Å². The Morgan fingerprint density at radius 3 is 2.41 bits per heavy atom. The SMILES string of the molecule is CCN1/C(=C/C=C/C=C/C2=[N+](CC)c3ccccc3C2(C)C)C(C)(CCCCC(=O)O)c2ccc(S(=O)(=O)[O-])cc21. The predicted octanol–water partition coefficient (Wildman–Crippen LogP) is 6.43. The Morgan fingerprint density at radius 2 is 1.76 bits per heavy atom. The number of carboxylic acid groups (broad SMARTS) is 1. The number of allylic oxidation sites excluding steroid dienone is 6. The van der Waals surface area contributed by atoms with E-state index in [4.69, 9.17) is 5.11 Å². The zero-order valence-electron chi connectivity index (χ0n) is 24.6. The van der Waals surface area contributed by atoms with Crippen molar-refractivity contribution < 1.29 is 27.4 Å². The molecule has 1 unspecified atom stereocenters. The van der Waals surface area contributed by atoms with Crippen molar-refractivity contribution in [1.82, 2.24) is 0 Å². The van der Waals surface area contributed by atoms with Crippen LogP contribution in [0.2, 0.25) is 0 Å². The quantitative estimate of drug-likeness (QED) is 0.143. The van der Waals surface area contributed by atoms with Crippen LogP contribution in [-0.2, 0) is 25.7 Å². The second kappa shape index (κ2) is 11.8. The molecule has 0 spiro atoms. The first-order chi connectivity index (χ1) is 19.4. The number of likely N-dealkylation sites (N-methyl/N-ethyl adjacent to an activating group) is 1. The van der Waals surface area contributed by atoms with Crippen molar-refractivity contribution in [2.75, 3.05) is 18.0 Å². The molecule has 1 N–H and O–H groups in total. The Labute approximate surface area is 244 Å². The maximum atomic E-state index is 11.8. The molecule has 0 bridgehead atoms. The lowest BCUT2D eigenvalue weighted by Gasteiger charge is -2.30. The molecule has 0 amide bonds. The monoisotopic (exact) mass is 576 g/mol. The Hall–Kier alpha value is -3.49. The summed E-state index contributed by atoms with van der Waals surface area (Å²) in [6, 6.07) is 13.1. The fourth-order valence-electron chi connectivity index (χ4n) is 6.39. The van der Waals surface area contributed by atoms with Gasteiger partial charge in [-0.05, 0) is 71.2 Å². The molecule has 4 rings (SSSR count). The average molecular weight is 577 g/mol. The highest BCUT2D eigenvalue weighted by molar-refractivity contribution is 7.85. The van der Waals surface area contributed by atoms with Gasteiger partial charge in [0.1, 0.15) is 16.7 Å². The van der Waals surface area contributed by atoms with Gasteiger partial charge < -0.3 is 14.6 Å². The molecule has 0 fully saturated rings. The lowest BCUT2D eigenvalue weighted by atomic mass is 9.77. The molecule has 2 aromatic carbocycles. The molecule has 8 heteroatoms. The molecular weight excluding hydrogens is 536 g/mol. The molecule has 0 saturated carbocycles. The molecule has 0 saturated heterocycles. The minimum Gasteiger partial charge on any atom is -0.744 e. The van der Waals surface area contributed by atoms with E-state index in [-0.39, 0.29) is 16.7 Å². The van der Waals surface area contributed by atoms with Gasteiger partial charge in [0.05, 0.1) is 10.3 Å². The highest BCUT2D eigenvalue weighted by Crippen LogP contribution is 2.51. The fourth-order valence-corrected chi connectivity index (χ4v) is 6.88. The summed E-state index contributed by atoms with van der Waals surface area (Å²) in [5.74, 6) is -0.819. The Kier molecular flexibility index (Phi) is 8.76. The fraction of sp³-hybridized carbons (Fsp3) is 0.394. The van der Waals surface area contributed by atoms with Crippen LogP contribution in [0.4, 0.5) is 11.4 Å². The minimum atomic E-state index is -4.60. The van der Waals surface area contributed by atoms with E-state index in [1.807, 2.05) is 31.2 Å². The van der Waals surface area contributed by atoms with Gasteiger partial charge in [0.2, 0.25) is 5.69 Å². The summed E-state index contributed by atoms with van der Waals surface area (Å²) in [7, 11) is -4.60. The van der Waals surface area contributed by atoms with E-state index in [9.17, 15) is 17.8 Å². The number of nitrogens with zero attached hydrogens (tertiary/aromatic N) is 2. The van der Waals surface area contributed by atoms with Crippen LogP contribution in [0.1, 0.15) is 71.4 Å². The highest BCUT2D eigenvalue weighted by Gasteiger charge is 2.44. The second-order valence-electron chi connectivity index (χ2n) is 11.4. The van der Waals surface area contributed by atoms with Gasteiger partial charge in [-0.15, -0.1) is 0 Å². The van der Waals surface area contributed by atoms with Crippen LogP contribution in [0.15, 0.2) is 83.4 Å². The third kappa shape index (κ3) is 5.81. The van der Waals surface area contributed by atoms with Gasteiger partial charge in [-0.3, -0.25) is 4.79 Å². The van der Waals surface area contributed by atoms with E-state index in [0.29, 0.717) is 31.5 Å². The van der Waals surface area contributed by atoms with E-state index in [1.54, 1.807) is 6.07 Å². The molecule has 2 aromatic rings. The Balaban J connectivity index is 1.67. The Bertz CT molecular complexity index is 1570. The lowest BCUT2D eigenvalue weighted by molar-refractivity contribution is -0.433. The summed E-state index contributed by atoms with van der Waals surface area (Å²) in [5.41, 5.74) is 5.85. The van der Waals surface area contributed by atoms with Gasteiger partial charge in [0, 0.05) is 47.5 Å². The smallest absolute Gasteiger partial charge is 0.303 e. The van der Waals surface area contributed by atoms with Gasteiger partial charge in [-0.1, -0.05) is 48.9 Å². The van der Waals surface area contributed by atoms with Crippen LogP contribution in [0.3, 0.4) is 0 Å². The summed E-state index contributed by atoms with van der Waals surface area (Å²) in [6.45, 7) is 12.2. The summed E-state index contributed by atoms with van der Waals surface area (Å²) in [5, 5.41) is 9.10. The first-order valence-electron chi connectivity index (χ1n) is 14.3. The lowest BCUT2D eigenvalue weighted by Crippen LogP contribution is -2.28. The summed E-state index contributed by atoms with van der Waals surface area (Å²) < 4.78 is 37.7. The number of anilines is 1. The summed E-state index contributed by atoms with van der Waals surface area (Å²) >= 11 is 0. The number of hydrogen-bond acceptors (Lipinski definition) is 5. The molecule has 2 aliphatic rings. The van der Waals surface area contributed by atoms with Crippen LogP contribution in [-0.4, -0.2) is 47.4 Å². The molecule has 0 aromatic heterocycles. The van der Waals surface area contributed by atoms with Gasteiger partial charge in [-0.2, -0.15) is 4.58 Å². The maximum Gasteiger partial charge on any atom is 0.303 e. The number of benzene rings is 2. The van der Waals surface area contributed by atoms with E-state index in [1.165, 1.54) is 29.1 Å². The van der Waals surface area contributed by atoms with E-state index < -0.39 is 21.5 Å². The minimum absolute atomic E-state index is 0.103. The van der Waals surface area contributed by atoms with E-state index in [2.05, 4.69) is 67.5 Å². The molecule has 218 valence electrons. The van der Waals surface area contributed by atoms with Gasteiger partial charge in [-0.25, -0.2) is 8.42 Å². The van der Waals surface area contributed by atoms with Crippen LogP contribution >= 0.6 is 0 Å². The average Bonchev–Trinajstić information content (AvgIpc) is 3.29. The highest BCUT2D eigenvalue weighted by atomic mass is 32.2. The first kappa shape index (κ1) is 30.5. The topological polar surface area (TPSA) is 101 Å². The van der Waals surface area contributed by atoms with Crippen molar-refractivity contribution in [1.29, 1.82) is 0 Å². The molecule has 2 aliphatic heterocycles. The number of carboxylic acids is 1. The third-order valence-corrected chi connectivity index (χ3v) is 9.31. The van der Waals surface area contributed by atoms with Crippen LogP contribution in [0.5, 0.6) is 0 Å². The van der Waals surface area contributed by atoms with Crippen molar-refractivity contribution >= 4 is 33.2 Å². The normalized spacial score (nSPS) is 20.9. The molecular formula is C33H40N2O5S. The number of para-hydroxylation sites is 1. The first-order valence-corrected chi connectivity index (χ1v) is 15.7. The van der Waals surface area contributed by atoms with E-state index in [0.717, 1.165) is 17.8 Å². The molecule has 7 nitrogen and oxygen atoms in total. The molecule has 0 aliphatic carbocycles. The molecule has 1 atom stereocenters. The number of aliphatic carboxylic acids is 1. The summed E-state index contributed by atoms with van der Waals surface area (Å²) in [4.78, 5) is 12.9. The number of unbranched alkanes of at least 4 members (excludes halogenated alkanes) is 1. The van der Waals surface area contributed by atoms with Crippen LogP contribution in [0.25, 0.3) is 0 Å². The maximum absolute atomic E-state index is 11.8. The van der Waals surface area contributed by atoms with Crippen molar-refractivity contribution in [3.8, 4) is 0 Å². The zero-order chi connectivity index (χ0) is 30.0. The second-order valence-corrected chi connectivity index (χ2v) is 12.8. The summed E-state index contributed by atoms with van der Waals surface area (Å²) in [6.07, 6.45) is 12.3. The van der Waals surface area contributed by atoms with Crippen molar-refractivity contribution in [3.63, 3.8) is 0 Å². The molecule has 0 radical (unpaired) electrons. The van der Waals surface area contributed by atoms with Crippen molar-refractivity contribution in [3.05, 3.63) is 89.7 Å². The zero-order valence-corrected chi connectivity index (χ0v) is 25.4. The third-order valence-electron chi connectivity index (χ3n) is 8.48. The Morgan fingerprint density at radius 1 is 1.02 bits per heavy atom. The van der Waals surface area contributed by atoms with Crippen molar-refractivity contribution in [2.45, 2.75) is 76.0 Å². The van der Waals surface area contributed by atoms with Gasteiger partial charge in [0.15, 0.2) is 5.71 Å². The van der Waals surface area contributed by atoms with Crippen LogP contribution in [0, 0.1) is 0 Å². The number of rotatable bonds is 11. The molecule has 41 heavy (non-hydrogen) atoms. The largest absolute Gasteiger partial charge is 0.744 e. The predicted molar refractivity (Wildman–Crippen MR) is 162 cm³/mol.